The number of piperidine rings is 1. The molecule has 0 bridgehead atoms. The maximum atomic E-state index is 14.0. The normalized spacial score (nSPS) is 32.5. The number of rotatable bonds is 7. The van der Waals surface area contributed by atoms with E-state index in [0.29, 0.717) is 44.2 Å². The van der Waals surface area contributed by atoms with Crippen LogP contribution < -0.4 is 10.1 Å². The van der Waals surface area contributed by atoms with Gasteiger partial charge in [-0.15, -0.1) is 0 Å². The van der Waals surface area contributed by atoms with Gasteiger partial charge in [0.1, 0.15) is 5.75 Å². The Hall–Kier alpha value is -2.12. The Morgan fingerprint density at radius 1 is 1.17 bits per heavy atom. The van der Waals surface area contributed by atoms with Gasteiger partial charge in [-0.25, -0.2) is 4.79 Å². The Labute approximate surface area is 215 Å². The highest BCUT2D eigenvalue weighted by Gasteiger charge is 2.61. The second-order valence-electron chi connectivity index (χ2n) is 12.1. The van der Waals surface area contributed by atoms with Crippen LogP contribution >= 0.6 is 0 Å². The second-order valence-corrected chi connectivity index (χ2v) is 12.1. The van der Waals surface area contributed by atoms with Gasteiger partial charge in [0.05, 0.1) is 12.7 Å². The van der Waals surface area contributed by atoms with Crippen LogP contribution in [-0.4, -0.2) is 72.3 Å². The summed E-state index contributed by atoms with van der Waals surface area (Å²) in [5.74, 6) is 1.40. The van der Waals surface area contributed by atoms with Crippen molar-refractivity contribution < 1.29 is 19.4 Å². The molecule has 0 radical (unpaired) electrons. The fraction of sp³-hybridized carbons (Fsp3) is 0.724. The van der Waals surface area contributed by atoms with Gasteiger partial charge in [-0.2, -0.15) is 0 Å². The van der Waals surface area contributed by atoms with Gasteiger partial charge in [0.25, 0.3) is 0 Å². The molecule has 0 spiro atoms. The van der Waals surface area contributed by atoms with E-state index >= 15 is 0 Å². The van der Waals surface area contributed by atoms with Crippen molar-refractivity contribution >= 4 is 11.9 Å². The molecule has 7 nitrogen and oxygen atoms in total. The molecule has 1 aromatic rings. The molecule has 5 rings (SSSR count). The number of benzene rings is 1. The standard InChI is InChI=1S/C29H43N3O4/c1-19-5-10-24(36-4)15-25(19)28-13-14-31(3)20(2)29(28,35)12-11-23(16-28)26(33)32(18-22-8-9-22)27(34)30-17-21-6-7-21/h5,10,15,20-23,35H,6-9,11-14,16-18H2,1-4H3,(H,30,34). The first-order chi connectivity index (χ1) is 17.2. The Kier molecular flexibility index (Phi) is 6.83. The number of ether oxygens (including phenoxy) is 1. The highest BCUT2D eigenvalue weighted by Crippen LogP contribution is 2.56. The van der Waals surface area contributed by atoms with Crippen LogP contribution in [0.3, 0.4) is 0 Å². The number of nitrogens with zero attached hydrogens (tertiary/aromatic N) is 2. The minimum absolute atomic E-state index is 0.0442. The van der Waals surface area contributed by atoms with Crippen molar-refractivity contribution in [2.24, 2.45) is 17.8 Å². The summed E-state index contributed by atoms with van der Waals surface area (Å²) in [7, 11) is 3.74. The zero-order chi connectivity index (χ0) is 25.7. The molecule has 4 fully saturated rings. The lowest BCUT2D eigenvalue weighted by atomic mass is 9.51. The van der Waals surface area contributed by atoms with E-state index in [1.54, 1.807) is 7.11 Å². The molecule has 3 saturated carbocycles. The number of methoxy groups -OCH3 is 1. The average Bonchev–Trinajstić information content (AvgIpc) is 3.80. The van der Waals surface area contributed by atoms with Crippen LogP contribution in [0, 0.1) is 24.7 Å². The molecule has 7 heteroatoms. The molecule has 0 aromatic heterocycles. The quantitative estimate of drug-likeness (QED) is 0.598. The number of aliphatic hydroxyl groups is 1. The minimum atomic E-state index is -0.969. The minimum Gasteiger partial charge on any atom is -0.497 e. The first kappa shape index (κ1) is 25.5. The lowest BCUT2D eigenvalue weighted by Gasteiger charge is -2.61. The van der Waals surface area contributed by atoms with Gasteiger partial charge in [0, 0.05) is 30.5 Å². The molecular formula is C29H43N3O4. The largest absolute Gasteiger partial charge is 0.497 e. The van der Waals surface area contributed by atoms with E-state index in [2.05, 4.69) is 43.2 Å². The topological polar surface area (TPSA) is 82.1 Å². The van der Waals surface area contributed by atoms with Gasteiger partial charge in [-0.05, 0) is 114 Å². The number of likely N-dealkylation sites (N-methyl/N-ethyl adjacent to an activating group) is 1. The van der Waals surface area contributed by atoms with Crippen molar-refractivity contribution in [3.63, 3.8) is 0 Å². The summed E-state index contributed by atoms with van der Waals surface area (Å²) in [5.41, 5.74) is 0.639. The van der Waals surface area contributed by atoms with E-state index in [1.807, 2.05) is 6.07 Å². The number of imide groups is 1. The van der Waals surface area contributed by atoms with E-state index in [-0.39, 0.29) is 23.9 Å². The zero-order valence-electron chi connectivity index (χ0n) is 22.4. The fourth-order valence-corrected chi connectivity index (χ4v) is 6.82. The van der Waals surface area contributed by atoms with Crippen LogP contribution in [0.25, 0.3) is 0 Å². The number of hydrogen-bond donors (Lipinski definition) is 2. The van der Waals surface area contributed by atoms with Crippen LogP contribution in [-0.2, 0) is 10.2 Å². The van der Waals surface area contributed by atoms with Crippen LogP contribution in [0.1, 0.15) is 69.4 Å². The third-order valence-electron chi connectivity index (χ3n) is 9.74. The lowest BCUT2D eigenvalue weighted by Crippen LogP contribution is -2.69. The summed E-state index contributed by atoms with van der Waals surface area (Å²) in [4.78, 5) is 30.9. The number of fused-ring (bicyclic) bond motifs is 1. The summed E-state index contributed by atoms with van der Waals surface area (Å²) >= 11 is 0. The van der Waals surface area contributed by atoms with Crippen molar-refractivity contribution in [1.29, 1.82) is 0 Å². The molecule has 36 heavy (non-hydrogen) atoms. The smallest absolute Gasteiger partial charge is 0.324 e. The zero-order valence-corrected chi connectivity index (χ0v) is 22.4. The first-order valence-electron chi connectivity index (χ1n) is 13.9. The molecule has 3 aliphatic carbocycles. The van der Waals surface area contributed by atoms with E-state index in [9.17, 15) is 14.7 Å². The maximum Gasteiger partial charge on any atom is 0.324 e. The third-order valence-corrected chi connectivity index (χ3v) is 9.74. The summed E-state index contributed by atoms with van der Waals surface area (Å²) in [6.45, 7) is 6.21. The van der Waals surface area contributed by atoms with E-state index in [0.717, 1.165) is 55.5 Å². The van der Waals surface area contributed by atoms with E-state index < -0.39 is 11.0 Å². The Morgan fingerprint density at radius 3 is 2.56 bits per heavy atom. The number of carbonyl (C=O) groups is 2. The maximum absolute atomic E-state index is 14.0. The van der Waals surface area contributed by atoms with Gasteiger partial charge in [-0.1, -0.05) is 6.07 Å². The first-order valence-corrected chi connectivity index (χ1v) is 13.9. The third kappa shape index (κ3) is 4.53. The summed E-state index contributed by atoms with van der Waals surface area (Å²) in [5, 5.41) is 15.4. The van der Waals surface area contributed by atoms with Crippen LogP contribution in [0.5, 0.6) is 5.75 Å². The van der Waals surface area contributed by atoms with Gasteiger partial charge < -0.3 is 20.1 Å². The lowest BCUT2D eigenvalue weighted by molar-refractivity contribution is -0.166. The van der Waals surface area contributed by atoms with Crippen molar-refractivity contribution in [2.75, 3.05) is 33.8 Å². The predicted octanol–water partition coefficient (Wildman–Crippen LogP) is 3.85. The number of likely N-dealkylation sites (tertiary alicyclic amines) is 1. The highest BCUT2D eigenvalue weighted by molar-refractivity contribution is 5.95. The highest BCUT2D eigenvalue weighted by atomic mass is 16.5. The van der Waals surface area contributed by atoms with Gasteiger partial charge in [-0.3, -0.25) is 9.69 Å². The van der Waals surface area contributed by atoms with Crippen molar-refractivity contribution in [1.82, 2.24) is 15.1 Å². The summed E-state index contributed by atoms with van der Waals surface area (Å²) in [6.07, 6.45) is 6.92. The number of amides is 3. The van der Waals surface area contributed by atoms with Crippen LogP contribution in [0.15, 0.2) is 18.2 Å². The number of aryl methyl sites for hydroxylation is 1. The predicted molar refractivity (Wildman–Crippen MR) is 139 cm³/mol. The SMILES string of the molecule is COc1ccc(C)c(C23CCN(C)C(C)C2(O)CCC(C(=O)N(CC2CC2)C(=O)NCC2CC2)C3)c1. The van der Waals surface area contributed by atoms with E-state index in [4.69, 9.17) is 4.74 Å². The Bertz CT molecular complexity index is 1010. The number of nitrogens with one attached hydrogen (secondary N) is 1. The molecule has 198 valence electrons. The summed E-state index contributed by atoms with van der Waals surface area (Å²) < 4.78 is 5.58. The molecule has 1 saturated heterocycles. The molecule has 4 atom stereocenters. The second kappa shape index (κ2) is 9.64. The molecule has 1 aliphatic heterocycles. The molecule has 3 amide bonds. The fourth-order valence-electron chi connectivity index (χ4n) is 6.82. The molecule has 2 N–H and O–H groups in total. The van der Waals surface area contributed by atoms with Gasteiger partial charge >= 0.3 is 6.03 Å². The molecule has 1 heterocycles. The Morgan fingerprint density at radius 2 is 1.89 bits per heavy atom. The molecule has 4 unspecified atom stereocenters. The molecule has 1 aromatic carbocycles. The molecule has 4 aliphatic rings. The summed E-state index contributed by atoms with van der Waals surface area (Å²) in [6, 6.07) is 5.80. The Balaban J connectivity index is 1.47. The number of carbonyl (C=O) groups excluding carboxylic acids is 2. The molecular weight excluding hydrogens is 454 g/mol. The van der Waals surface area contributed by atoms with Gasteiger partial charge in [0.15, 0.2) is 0 Å². The monoisotopic (exact) mass is 497 g/mol. The van der Waals surface area contributed by atoms with Crippen molar-refractivity contribution in [3.05, 3.63) is 29.3 Å². The number of hydrogen-bond acceptors (Lipinski definition) is 5. The van der Waals surface area contributed by atoms with E-state index in [1.165, 1.54) is 4.90 Å². The average molecular weight is 498 g/mol. The van der Waals surface area contributed by atoms with Gasteiger partial charge in [0.2, 0.25) is 5.91 Å². The van der Waals surface area contributed by atoms with Crippen molar-refractivity contribution in [3.8, 4) is 5.75 Å². The van der Waals surface area contributed by atoms with Crippen LogP contribution in [0.4, 0.5) is 4.79 Å². The van der Waals surface area contributed by atoms with Crippen molar-refractivity contribution in [2.45, 2.75) is 82.3 Å². The number of urea groups is 1. The van der Waals surface area contributed by atoms with Crippen LogP contribution in [0.2, 0.25) is 0 Å².